The van der Waals surface area contributed by atoms with Gasteiger partial charge in [-0.15, -0.1) is 0 Å². The van der Waals surface area contributed by atoms with Crippen molar-refractivity contribution in [2.24, 2.45) is 0 Å². The molecule has 178 valence electrons. The van der Waals surface area contributed by atoms with Crippen molar-refractivity contribution in [3.8, 4) is 0 Å². The smallest absolute Gasteiger partial charge is 0.339 e. The number of pyridine rings is 1. The maximum absolute atomic E-state index is 13.0. The molecule has 0 atom stereocenters. The Hall–Kier alpha value is -3.17. The summed E-state index contributed by atoms with van der Waals surface area (Å²) < 4.78 is 4.99. The zero-order valence-electron chi connectivity index (χ0n) is 19.0. The Morgan fingerprint density at radius 3 is 2.55 bits per heavy atom. The highest BCUT2D eigenvalue weighted by Crippen LogP contribution is 2.33. The molecule has 0 aromatic carbocycles. The van der Waals surface area contributed by atoms with Gasteiger partial charge in [-0.2, -0.15) is 0 Å². The van der Waals surface area contributed by atoms with Crippen LogP contribution in [0.3, 0.4) is 0 Å². The standard InChI is InChI=1S/C23H31N5O5/c1-2-33-20(30)17-7-8-18(24-15-17)26-11-6-12-27(14-13-26)19(29)16-28-21(31)23(25-22(28)32)9-4-3-5-10-23/h7-8,15H,2-6,9-14,16H2,1H3,(H,25,32). The number of carbonyl (C=O) groups excluding carboxylic acids is 4. The van der Waals surface area contributed by atoms with E-state index >= 15 is 0 Å². The molecule has 1 saturated carbocycles. The molecule has 1 aromatic heterocycles. The number of esters is 1. The van der Waals surface area contributed by atoms with Crippen molar-refractivity contribution in [3.05, 3.63) is 23.9 Å². The molecule has 10 heteroatoms. The summed E-state index contributed by atoms with van der Waals surface area (Å²) in [5.41, 5.74) is -0.413. The van der Waals surface area contributed by atoms with E-state index in [9.17, 15) is 19.2 Å². The van der Waals surface area contributed by atoms with Gasteiger partial charge >= 0.3 is 12.0 Å². The summed E-state index contributed by atoms with van der Waals surface area (Å²) in [6, 6.07) is 3.01. The molecule has 2 aliphatic heterocycles. The summed E-state index contributed by atoms with van der Waals surface area (Å²) in [5.74, 6) is -0.160. The average molecular weight is 458 g/mol. The Morgan fingerprint density at radius 1 is 1.06 bits per heavy atom. The first-order valence-corrected chi connectivity index (χ1v) is 11.7. The molecule has 3 fully saturated rings. The molecule has 0 unspecified atom stereocenters. The molecule has 3 heterocycles. The number of carbonyl (C=O) groups is 4. The minimum atomic E-state index is -0.813. The topological polar surface area (TPSA) is 112 Å². The van der Waals surface area contributed by atoms with Gasteiger partial charge in [0.15, 0.2) is 0 Å². The molecule has 2 saturated heterocycles. The number of aromatic nitrogens is 1. The number of ether oxygens (including phenoxy) is 1. The lowest BCUT2D eigenvalue weighted by Gasteiger charge is -2.30. The molecule has 0 radical (unpaired) electrons. The van der Waals surface area contributed by atoms with E-state index < -0.39 is 17.5 Å². The van der Waals surface area contributed by atoms with E-state index in [1.165, 1.54) is 6.20 Å². The molecular formula is C23H31N5O5. The van der Waals surface area contributed by atoms with E-state index in [-0.39, 0.29) is 18.4 Å². The predicted molar refractivity (Wildman–Crippen MR) is 120 cm³/mol. The SMILES string of the molecule is CCOC(=O)c1ccc(N2CCCN(C(=O)CN3C(=O)NC4(CCCCC4)C3=O)CC2)nc1. The molecule has 3 aliphatic rings. The lowest BCUT2D eigenvalue weighted by atomic mass is 9.82. The van der Waals surface area contributed by atoms with Crippen molar-refractivity contribution in [3.63, 3.8) is 0 Å². The third kappa shape index (κ3) is 4.79. The molecule has 0 bridgehead atoms. The first kappa shape index (κ1) is 23.0. The van der Waals surface area contributed by atoms with Crippen LogP contribution in [0.2, 0.25) is 0 Å². The van der Waals surface area contributed by atoms with E-state index in [1.54, 1.807) is 24.0 Å². The number of anilines is 1. The Kier molecular flexibility index (Phi) is 6.80. The highest BCUT2D eigenvalue weighted by Gasteiger charge is 2.51. The molecule has 4 amide bonds. The van der Waals surface area contributed by atoms with Crippen molar-refractivity contribution in [2.45, 2.75) is 51.0 Å². The first-order valence-electron chi connectivity index (χ1n) is 11.7. The summed E-state index contributed by atoms with van der Waals surface area (Å²) in [6.45, 7) is 4.13. The normalized spacial score (nSPS) is 20.6. The van der Waals surface area contributed by atoms with E-state index in [4.69, 9.17) is 4.74 Å². The molecule has 4 rings (SSSR count). The number of hydrogen-bond donors (Lipinski definition) is 1. The van der Waals surface area contributed by atoms with Crippen LogP contribution in [-0.4, -0.2) is 83.5 Å². The maximum Gasteiger partial charge on any atom is 0.339 e. The first-order chi connectivity index (χ1) is 15.9. The number of hydrogen-bond acceptors (Lipinski definition) is 7. The van der Waals surface area contributed by atoms with Gasteiger partial charge in [-0.25, -0.2) is 14.6 Å². The van der Waals surface area contributed by atoms with Crippen LogP contribution in [0.15, 0.2) is 18.3 Å². The van der Waals surface area contributed by atoms with Gasteiger partial charge in [0.1, 0.15) is 17.9 Å². The second-order valence-corrected chi connectivity index (χ2v) is 8.81. The fraction of sp³-hybridized carbons (Fsp3) is 0.609. The highest BCUT2D eigenvalue weighted by atomic mass is 16.5. The van der Waals surface area contributed by atoms with Crippen LogP contribution in [0.25, 0.3) is 0 Å². The Bertz CT molecular complexity index is 912. The van der Waals surface area contributed by atoms with E-state index in [2.05, 4.69) is 15.2 Å². The van der Waals surface area contributed by atoms with Gasteiger partial charge in [0.2, 0.25) is 5.91 Å². The lowest BCUT2D eigenvalue weighted by molar-refractivity contribution is -0.139. The number of urea groups is 1. The third-order valence-electron chi connectivity index (χ3n) is 6.68. The second-order valence-electron chi connectivity index (χ2n) is 8.81. The number of nitrogens with one attached hydrogen (secondary N) is 1. The highest BCUT2D eigenvalue weighted by molar-refractivity contribution is 6.09. The van der Waals surface area contributed by atoms with E-state index in [1.807, 2.05) is 0 Å². The number of imide groups is 1. The van der Waals surface area contributed by atoms with Crippen molar-refractivity contribution in [2.75, 3.05) is 44.2 Å². The maximum atomic E-state index is 13.0. The van der Waals surface area contributed by atoms with Gasteiger partial charge in [0.25, 0.3) is 5.91 Å². The fourth-order valence-corrected chi connectivity index (χ4v) is 4.85. The van der Waals surface area contributed by atoms with Crippen molar-refractivity contribution >= 4 is 29.6 Å². The van der Waals surface area contributed by atoms with Gasteiger partial charge in [0.05, 0.1) is 12.2 Å². The molecular weight excluding hydrogens is 426 g/mol. The van der Waals surface area contributed by atoms with Crippen molar-refractivity contribution < 1.29 is 23.9 Å². The average Bonchev–Trinajstić information content (AvgIpc) is 2.99. The summed E-state index contributed by atoms with van der Waals surface area (Å²) in [5, 5.41) is 2.86. The number of amides is 4. The largest absolute Gasteiger partial charge is 0.462 e. The van der Waals surface area contributed by atoms with Gasteiger partial charge < -0.3 is 19.9 Å². The minimum Gasteiger partial charge on any atom is -0.462 e. The number of rotatable bonds is 5. The zero-order chi connectivity index (χ0) is 23.4. The molecule has 1 N–H and O–H groups in total. The quantitative estimate of drug-likeness (QED) is 0.527. The fourth-order valence-electron chi connectivity index (χ4n) is 4.85. The summed E-state index contributed by atoms with van der Waals surface area (Å²) in [6.07, 6.45) is 6.40. The lowest BCUT2D eigenvalue weighted by Crippen LogP contribution is -2.49. The van der Waals surface area contributed by atoms with Gasteiger partial charge in [-0.05, 0) is 38.3 Å². The van der Waals surface area contributed by atoms with Crippen LogP contribution < -0.4 is 10.2 Å². The Morgan fingerprint density at radius 2 is 1.85 bits per heavy atom. The van der Waals surface area contributed by atoms with Crippen LogP contribution >= 0.6 is 0 Å². The van der Waals surface area contributed by atoms with Crippen LogP contribution in [0, 0.1) is 0 Å². The molecule has 10 nitrogen and oxygen atoms in total. The van der Waals surface area contributed by atoms with Crippen LogP contribution in [0.1, 0.15) is 55.8 Å². The Labute approximate surface area is 193 Å². The van der Waals surface area contributed by atoms with Gasteiger partial charge in [0, 0.05) is 32.4 Å². The van der Waals surface area contributed by atoms with Crippen LogP contribution in [0.4, 0.5) is 10.6 Å². The predicted octanol–water partition coefficient (Wildman–Crippen LogP) is 1.55. The monoisotopic (exact) mass is 457 g/mol. The summed E-state index contributed by atoms with van der Waals surface area (Å²) in [4.78, 5) is 59.4. The van der Waals surface area contributed by atoms with Crippen molar-refractivity contribution in [1.82, 2.24) is 20.1 Å². The van der Waals surface area contributed by atoms with E-state index in [0.717, 1.165) is 36.4 Å². The minimum absolute atomic E-state index is 0.223. The molecule has 1 aliphatic carbocycles. The van der Waals surface area contributed by atoms with Crippen LogP contribution in [-0.2, 0) is 14.3 Å². The molecule has 1 aromatic rings. The third-order valence-corrected chi connectivity index (χ3v) is 6.68. The van der Waals surface area contributed by atoms with Crippen LogP contribution in [0.5, 0.6) is 0 Å². The zero-order valence-corrected chi connectivity index (χ0v) is 19.0. The van der Waals surface area contributed by atoms with Gasteiger partial charge in [-0.1, -0.05) is 19.3 Å². The molecule has 1 spiro atoms. The number of nitrogens with zero attached hydrogens (tertiary/aromatic N) is 4. The van der Waals surface area contributed by atoms with Crippen molar-refractivity contribution in [1.29, 1.82) is 0 Å². The Balaban J connectivity index is 1.34. The summed E-state index contributed by atoms with van der Waals surface area (Å²) in [7, 11) is 0. The molecule has 33 heavy (non-hydrogen) atoms. The van der Waals surface area contributed by atoms with Gasteiger partial charge in [-0.3, -0.25) is 14.5 Å². The second kappa shape index (κ2) is 9.76. The summed E-state index contributed by atoms with van der Waals surface area (Å²) >= 11 is 0. The van der Waals surface area contributed by atoms with E-state index in [0.29, 0.717) is 51.2 Å².